The Labute approximate surface area is 123 Å². The van der Waals surface area contributed by atoms with Gasteiger partial charge in [-0.2, -0.15) is 5.10 Å². The van der Waals surface area contributed by atoms with Crippen molar-refractivity contribution >= 4 is 15.9 Å². The Morgan fingerprint density at radius 1 is 1.63 bits per heavy atom. The van der Waals surface area contributed by atoms with Gasteiger partial charge in [0.2, 0.25) is 0 Å². The van der Waals surface area contributed by atoms with Gasteiger partial charge in [-0.3, -0.25) is 4.68 Å². The lowest BCUT2D eigenvalue weighted by atomic mass is 9.77. The summed E-state index contributed by atoms with van der Waals surface area (Å²) >= 11 is 3.59. The van der Waals surface area contributed by atoms with Gasteiger partial charge in [0.1, 0.15) is 0 Å². The molecular weight excluding hydrogens is 306 g/mol. The minimum absolute atomic E-state index is 0.0335. The zero-order chi connectivity index (χ0) is 14.0. The average molecular weight is 330 g/mol. The molecule has 19 heavy (non-hydrogen) atoms. The molecule has 2 rings (SSSR count). The van der Waals surface area contributed by atoms with Crippen LogP contribution < -0.4 is 5.73 Å². The molecule has 1 aliphatic rings. The molecule has 0 saturated heterocycles. The first-order chi connectivity index (χ1) is 8.97. The third-order valence-corrected chi connectivity index (χ3v) is 5.04. The number of halogens is 1. The highest BCUT2D eigenvalue weighted by molar-refractivity contribution is 9.10. The molecule has 108 valence electrons. The van der Waals surface area contributed by atoms with Crippen LogP contribution in [-0.4, -0.2) is 23.5 Å². The van der Waals surface area contributed by atoms with Gasteiger partial charge >= 0.3 is 0 Å². The molecule has 0 aromatic carbocycles. The van der Waals surface area contributed by atoms with Crippen LogP contribution in [0.1, 0.15) is 44.8 Å². The maximum absolute atomic E-state index is 6.56. The summed E-state index contributed by atoms with van der Waals surface area (Å²) in [6.07, 6.45) is 5.58. The number of methoxy groups -OCH3 is 1. The summed E-state index contributed by atoms with van der Waals surface area (Å²) in [7, 11) is 1.71. The normalized spacial score (nSPS) is 23.7. The zero-order valence-corrected chi connectivity index (χ0v) is 13.6. The standard InChI is InChI=1S/C14H24BrN3O/c1-14(2)6-4-5-10(14)12(16)13-11(15)9-17-18(13)7-8-19-3/h9-10,12H,4-8,16H2,1-3H3. The molecule has 5 heteroatoms. The smallest absolute Gasteiger partial charge is 0.0697 e. The van der Waals surface area contributed by atoms with Crippen molar-refractivity contribution in [2.75, 3.05) is 13.7 Å². The van der Waals surface area contributed by atoms with E-state index < -0.39 is 0 Å². The maximum Gasteiger partial charge on any atom is 0.0697 e. The number of nitrogens with two attached hydrogens (primary N) is 1. The van der Waals surface area contributed by atoms with Crippen molar-refractivity contribution in [2.45, 2.75) is 45.7 Å². The summed E-state index contributed by atoms with van der Waals surface area (Å²) in [4.78, 5) is 0. The van der Waals surface area contributed by atoms with Crippen molar-refractivity contribution in [3.05, 3.63) is 16.4 Å². The van der Waals surface area contributed by atoms with E-state index in [0.29, 0.717) is 17.9 Å². The van der Waals surface area contributed by atoms with Crippen molar-refractivity contribution in [1.82, 2.24) is 9.78 Å². The lowest BCUT2D eigenvalue weighted by molar-refractivity contribution is 0.177. The molecule has 0 bridgehead atoms. The molecular formula is C14H24BrN3O. The fraction of sp³-hybridized carbons (Fsp3) is 0.786. The van der Waals surface area contributed by atoms with Gasteiger partial charge in [0.05, 0.1) is 35.6 Å². The summed E-state index contributed by atoms with van der Waals surface area (Å²) in [6.45, 7) is 6.06. The molecule has 2 unspecified atom stereocenters. The van der Waals surface area contributed by atoms with E-state index in [2.05, 4.69) is 34.9 Å². The van der Waals surface area contributed by atoms with E-state index in [1.54, 1.807) is 7.11 Å². The van der Waals surface area contributed by atoms with Crippen LogP contribution >= 0.6 is 15.9 Å². The summed E-state index contributed by atoms with van der Waals surface area (Å²) in [5, 5.41) is 4.40. The lowest BCUT2D eigenvalue weighted by Crippen LogP contribution is -2.32. The van der Waals surface area contributed by atoms with Crippen LogP contribution in [0.2, 0.25) is 0 Å². The molecule has 1 aromatic heterocycles. The molecule has 0 amide bonds. The van der Waals surface area contributed by atoms with Crippen molar-refractivity contribution in [2.24, 2.45) is 17.1 Å². The zero-order valence-electron chi connectivity index (χ0n) is 12.0. The number of aromatic nitrogens is 2. The molecule has 2 atom stereocenters. The van der Waals surface area contributed by atoms with E-state index in [-0.39, 0.29) is 6.04 Å². The largest absolute Gasteiger partial charge is 0.383 e. The fourth-order valence-electron chi connectivity index (χ4n) is 3.27. The molecule has 0 spiro atoms. The van der Waals surface area contributed by atoms with Crippen molar-refractivity contribution in [1.29, 1.82) is 0 Å². The van der Waals surface area contributed by atoms with Gasteiger partial charge in [-0.1, -0.05) is 20.3 Å². The van der Waals surface area contributed by atoms with E-state index in [4.69, 9.17) is 10.5 Å². The third kappa shape index (κ3) is 3.03. The van der Waals surface area contributed by atoms with Crippen LogP contribution in [0.25, 0.3) is 0 Å². The van der Waals surface area contributed by atoms with Crippen molar-refractivity contribution in [3.8, 4) is 0 Å². The Morgan fingerprint density at radius 3 is 2.95 bits per heavy atom. The number of ether oxygens (including phenoxy) is 1. The molecule has 1 saturated carbocycles. The SMILES string of the molecule is COCCn1ncc(Br)c1C(N)C1CCCC1(C)C. The van der Waals surface area contributed by atoms with Crippen molar-refractivity contribution in [3.63, 3.8) is 0 Å². The minimum atomic E-state index is 0.0335. The lowest BCUT2D eigenvalue weighted by Gasteiger charge is -2.32. The molecule has 1 fully saturated rings. The predicted octanol–water partition coefficient (Wildman–Crippen LogP) is 3.12. The molecule has 4 nitrogen and oxygen atoms in total. The molecule has 2 N–H and O–H groups in total. The summed E-state index contributed by atoms with van der Waals surface area (Å²) < 4.78 is 8.13. The van der Waals surface area contributed by atoms with Crippen LogP contribution in [0.3, 0.4) is 0 Å². The summed E-state index contributed by atoms with van der Waals surface area (Å²) in [5.41, 5.74) is 7.99. The third-order valence-electron chi connectivity index (χ3n) is 4.43. The molecule has 1 aliphatic carbocycles. The molecule has 0 aliphatic heterocycles. The van der Waals surface area contributed by atoms with Crippen molar-refractivity contribution < 1.29 is 4.74 Å². The fourth-order valence-corrected chi connectivity index (χ4v) is 3.83. The maximum atomic E-state index is 6.56. The van der Waals surface area contributed by atoms with Gasteiger partial charge in [-0.25, -0.2) is 0 Å². The highest BCUT2D eigenvalue weighted by atomic mass is 79.9. The second-order valence-corrected chi connectivity index (χ2v) is 6.96. The monoisotopic (exact) mass is 329 g/mol. The summed E-state index contributed by atoms with van der Waals surface area (Å²) in [6, 6.07) is 0.0335. The topological polar surface area (TPSA) is 53.1 Å². The van der Waals surface area contributed by atoms with Crippen LogP contribution in [0.15, 0.2) is 10.7 Å². The van der Waals surface area contributed by atoms with Gasteiger partial charge in [-0.05, 0) is 40.1 Å². The van der Waals surface area contributed by atoms with Crippen LogP contribution in [0, 0.1) is 11.3 Å². The Balaban J connectivity index is 2.23. The summed E-state index contributed by atoms with van der Waals surface area (Å²) in [5.74, 6) is 0.516. The van der Waals surface area contributed by atoms with E-state index in [1.165, 1.54) is 19.3 Å². The molecule has 1 aromatic rings. The number of nitrogens with zero attached hydrogens (tertiary/aromatic N) is 2. The van der Waals surface area contributed by atoms with Gasteiger partial charge < -0.3 is 10.5 Å². The predicted molar refractivity (Wildman–Crippen MR) is 79.9 cm³/mol. The second kappa shape index (κ2) is 5.94. The Hall–Kier alpha value is -0.390. The van der Waals surface area contributed by atoms with Gasteiger partial charge in [-0.15, -0.1) is 0 Å². The van der Waals surface area contributed by atoms with E-state index in [0.717, 1.165) is 16.7 Å². The first kappa shape index (κ1) is 15.0. The highest BCUT2D eigenvalue weighted by Crippen LogP contribution is 2.48. The molecule has 1 heterocycles. The first-order valence-corrected chi connectivity index (χ1v) is 7.72. The average Bonchev–Trinajstić information content (AvgIpc) is 2.88. The van der Waals surface area contributed by atoms with Crippen LogP contribution in [-0.2, 0) is 11.3 Å². The highest BCUT2D eigenvalue weighted by Gasteiger charge is 2.40. The number of rotatable bonds is 5. The van der Waals surface area contributed by atoms with Gasteiger partial charge in [0, 0.05) is 7.11 Å². The van der Waals surface area contributed by atoms with E-state index >= 15 is 0 Å². The molecule has 0 radical (unpaired) electrons. The quantitative estimate of drug-likeness (QED) is 0.902. The van der Waals surface area contributed by atoms with Gasteiger partial charge in [0.15, 0.2) is 0 Å². The van der Waals surface area contributed by atoms with Crippen LogP contribution in [0.4, 0.5) is 0 Å². The van der Waals surface area contributed by atoms with Gasteiger partial charge in [0.25, 0.3) is 0 Å². The Bertz CT molecular complexity index is 430. The van der Waals surface area contributed by atoms with E-state index in [9.17, 15) is 0 Å². The minimum Gasteiger partial charge on any atom is -0.383 e. The Morgan fingerprint density at radius 2 is 2.37 bits per heavy atom. The second-order valence-electron chi connectivity index (χ2n) is 6.11. The van der Waals surface area contributed by atoms with E-state index in [1.807, 2.05) is 10.9 Å². The Kier molecular flexibility index (Phi) is 4.69. The van der Waals surface area contributed by atoms with Crippen LogP contribution in [0.5, 0.6) is 0 Å². The first-order valence-electron chi connectivity index (χ1n) is 6.93. The number of hydrogen-bond donors (Lipinski definition) is 1. The number of hydrogen-bond acceptors (Lipinski definition) is 3.